The molecular weight excluding hydrogens is 929 g/mol. The van der Waals surface area contributed by atoms with Crippen LogP contribution in [0.1, 0.15) is 19.4 Å². The molecule has 62 heavy (non-hydrogen) atoms. The normalized spacial score (nSPS) is 16.6. The molecule has 0 aliphatic heterocycles. The predicted octanol–water partition coefficient (Wildman–Crippen LogP) is -20.2. The Morgan fingerprint density at radius 3 is 0.726 bits per heavy atom. The molecule has 0 heterocycles. The topological polar surface area (TPSA) is 897 Å². The van der Waals surface area contributed by atoms with Crippen LogP contribution < -0.4 is 200 Å². The molecule has 0 aromatic heterocycles. The first kappa shape index (κ1) is 58.4. The van der Waals surface area contributed by atoms with E-state index in [4.69, 9.17) is 195 Å². The number of nitrogens with one attached hydrogen (secondary N) is 1. The summed E-state index contributed by atoms with van der Waals surface area (Å²) in [7, 11) is 0. The van der Waals surface area contributed by atoms with E-state index in [0.717, 1.165) is 5.56 Å². The Labute approximate surface area is 371 Å². The highest BCUT2D eigenvalue weighted by Gasteiger charge is 2.79. The highest BCUT2D eigenvalue weighted by atomic mass is 127. The molecule has 36 heteroatoms. The van der Waals surface area contributed by atoms with Gasteiger partial charge in [0.25, 0.3) is 0 Å². The second kappa shape index (κ2) is 15.5. The number of hydrogen-bond acceptors (Lipinski definition) is 35. The second-order valence-electron chi connectivity index (χ2n) is 17.7. The van der Waals surface area contributed by atoms with E-state index in [1.54, 1.807) is 24.3 Å². The van der Waals surface area contributed by atoms with E-state index in [2.05, 4.69) is 27.9 Å². The minimum atomic E-state index is -3.47. The molecule has 1 rings (SSSR count). The van der Waals surface area contributed by atoms with E-state index in [0.29, 0.717) is 0 Å². The molecule has 0 spiro atoms. The van der Waals surface area contributed by atoms with Crippen molar-refractivity contribution in [3.63, 3.8) is 0 Å². The number of anilines is 1. The molecule has 1 aromatic carbocycles. The Balaban J connectivity index is 3.99. The molecule has 366 valence electrons. The van der Waals surface area contributed by atoms with Crippen molar-refractivity contribution < 1.29 is 0 Å². The van der Waals surface area contributed by atoms with Crippen molar-refractivity contribution in [1.82, 2.24) is 0 Å². The molecule has 1 aromatic rings. The molecule has 0 aliphatic rings. The van der Waals surface area contributed by atoms with Gasteiger partial charge in [-0.05, 0) is 31.5 Å². The predicted molar refractivity (Wildman–Crippen MR) is 247 cm³/mol. The molecule has 0 unspecified atom stereocenters. The van der Waals surface area contributed by atoms with Crippen molar-refractivity contribution >= 4 is 28.3 Å². The summed E-state index contributed by atoms with van der Waals surface area (Å²) in [6, 6.07) is 6.66. The van der Waals surface area contributed by atoms with Gasteiger partial charge in [0.15, 0.2) is 11.4 Å². The average molecular weight is 1010 g/mol. The molecule has 69 N–H and O–H groups in total. The fourth-order valence-corrected chi connectivity index (χ4v) is 6.74. The first-order valence-corrected chi connectivity index (χ1v) is 18.8. The molecule has 0 bridgehead atoms. The van der Waals surface area contributed by atoms with Gasteiger partial charge < -0.3 is 189 Å². The van der Waals surface area contributed by atoms with Gasteiger partial charge in [-0.3, -0.25) is 11.5 Å². The lowest BCUT2D eigenvalue weighted by Gasteiger charge is -2.68. The quantitative estimate of drug-likeness (QED) is 0.0348. The first-order valence-electron chi connectivity index (χ1n) is 17.7. The summed E-state index contributed by atoms with van der Waals surface area (Å²) in [6.45, 7) is 3.93. The molecular formula is C26H80IN35. The van der Waals surface area contributed by atoms with Crippen molar-refractivity contribution in [2.24, 2.45) is 195 Å². The highest BCUT2D eigenvalue weighted by Crippen LogP contribution is 2.40. The van der Waals surface area contributed by atoms with Crippen molar-refractivity contribution in [2.45, 2.75) is 114 Å². The molecule has 0 atom stereocenters. The van der Waals surface area contributed by atoms with Crippen molar-refractivity contribution in [2.75, 3.05) is 5.32 Å². The summed E-state index contributed by atoms with van der Waals surface area (Å²) in [5, 5.41) is 2.69. The smallest absolute Gasteiger partial charge is 0.174 e. The second-order valence-corrected chi connectivity index (χ2v) is 20.4. The van der Waals surface area contributed by atoms with E-state index in [-0.39, 0.29) is 9.11 Å². The zero-order valence-corrected chi connectivity index (χ0v) is 37.1. The Morgan fingerprint density at radius 2 is 0.532 bits per heavy atom. The van der Waals surface area contributed by atoms with Crippen molar-refractivity contribution in [3.8, 4) is 0 Å². The Hall–Kier alpha value is -1.61. The maximum Gasteiger partial charge on any atom is 0.174 e. The van der Waals surface area contributed by atoms with Gasteiger partial charge in [0.2, 0.25) is 0 Å². The van der Waals surface area contributed by atoms with Gasteiger partial charge in [0, 0.05) is 9.11 Å². The number of hydrogen-bond donors (Lipinski definition) is 35. The van der Waals surface area contributed by atoms with Crippen LogP contribution in [-0.2, 0) is 3.42 Å². The number of benzene rings is 1. The summed E-state index contributed by atoms with van der Waals surface area (Å²) in [6.07, 6.45) is -1.78. The van der Waals surface area contributed by atoms with Crippen LogP contribution in [0.15, 0.2) is 24.3 Å². The number of halogens is 1. The number of rotatable bonds is 19. The average Bonchev–Trinajstić information content (AvgIpc) is 3.06. The molecule has 0 amide bonds. The van der Waals surface area contributed by atoms with Crippen LogP contribution in [0.5, 0.6) is 0 Å². The monoisotopic (exact) mass is 1010 g/mol. The number of nitrogens with two attached hydrogens (primary N) is 34. The molecule has 0 saturated heterocycles. The van der Waals surface area contributed by atoms with Gasteiger partial charge in [0.1, 0.15) is 79.3 Å². The van der Waals surface area contributed by atoms with E-state index >= 15 is 0 Å². The van der Waals surface area contributed by atoms with Crippen LogP contribution in [0, 0.1) is 0 Å². The van der Waals surface area contributed by atoms with Gasteiger partial charge in [-0.2, -0.15) is 0 Å². The lowest BCUT2D eigenvalue weighted by atomic mass is 9.59. The minimum Gasteiger partial charge on any atom is -0.353 e. The lowest BCUT2D eigenvalue weighted by Crippen LogP contribution is -3.12. The summed E-state index contributed by atoms with van der Waals surface area (Å²) >= 11 is 2.23. The SMILES string of the molecule is CC(C)(I)c1ccc(NC(N)(N)C(N)(N)C(N)(N)C(N)(N)C(N)(N)C(N)(N)C(N)(N)C(N)(N)C(N)(N)C(N)(N)C(N)(N)C(N)(N)C(N)(N)C(N)(N)C(N)(N)C(N)(N)C(N)N)cc1. The van der Waals surface area contributed by atoms with Crippen LogP contribution in [0.4, 0.5) is 5.69 Å². The Bertz CT molecular complexity index is 1750. The van der Waals surface area contributed by atoms with Crippen molar-refractivity contribution in [1.29, 1.82) is 0 Å². The van der Waals surface area contributed by atoms with Gasteiger partial charge in [-0.25, -0.2) is 0 Å². The zero-order chi connectivity index (χ0) is 50.8. The summed E-state index contributed by atoms with van der Waals surface area (Å²) in [5.74, 6) is -2.56. The highest BCUT2D eigenvalue weighted by molar-refractivity contribution is 14.1. The summed E-state index contributed by atoms with van der Waals surface area (Å²) in [4.78, 5) is 0. The molecule has 0 radical (unpaired) electrons. The van der Waals surface area contributed by atoms with Gasteiger partial charge in [-0.15, -0.1) is 0 Å². The molecule has 0 saturated carbocycles. The lowest BCUT2D eigenvalue weighted by molar-refractivity contribution is -0.0888. The number of alkyl halides is 1. The first-order chi connectivity index (χ1) is 26.4. The Kier molecular flexibility index (Phi) is 14.6. The fourth-order valence-electron chi connectivity index (χ4n) is 6.38. The third kappa shape index (κ3) is 7.48. The maximum absolute atomic E-state index is 6.48. The third-order valence-electron chi connectivity index (χ3n) is 12.8. The molecule has 0 fully saturated rings. The maximum atomic E-state index is 6.48. The summed E-state index contributed by atoms with van der Waals surface area (Å²) in [5.41, 5.74) is 168. The van der Waals surface area contributed by atoms with Gasteiger partial charge in [0.05, 0.1) is 6.17 Å². The van der Waals surface area contributed by atoms with Crippen LogP contribution in [0.3, 0.4) is 0 Å². The third-order valence-corrected chi connectivity index (χ3v) is 13.4. The molecule has 0 aliphatic carbocycles. The van der Waals surface area contributed by atoms with E-state index in [1.807, 2.05) is 13.8 Å². The Morgan fingerprint density at radius 1 is 0.339 bits per heavy atom. The largest absolute Gasteiger partial charge is 0.353 e. The zero-order valence-electron chi connectivity index (χ0n) is 34.9. The van der Waals surface area contributed by atoms with Gasteiger partial charge >= 0.3 is 0 Å². The minimum absolute atomic E-state index is 0.249. The van der Waals surface area contributed by atoms with Crippen LogP contribution >= 0.6 is 22.6 Å². The van der Waals surface area contributed by atoms with E-state index in [1.165, 1.54) is 0 Å². The van der Waals surface area contributed by atoms with Gasteiger partial charge in [-0.1, -0.05) is 34.7 Å². The standard InChI is InChI=1S/C26H80IN35/c1-10(2,27)7-3-5-8(6-4-7)62-26(60,61)25(58,59)24(56,57)23(54,55)22(52,53)21(50,51)20(48,49)19(46,47)18(44,45)17(42,43)16(40,41)15(38,39)14(36,37)13(34,35)12(32,33)11(30,31)9(28)29/h3-6,9,62H,28-61H2,1-2H3. The van der Waals surface area contributed by atoms with Crippen molar-refractivity contribution in [3.05, 3.63) is 29.8 Å². The van der Waals surface area contributed by atoms with E-state index < -0.39 is 96.9 Å². The van der Waals surface area contributed by atoms with Crippen LogP contribution in [-0.4, -0.2) is 96.9 Å². The summed E-state index contributed by atoms with van der Waals surface area (Å²) < 4.78 is -0.266. The van der Waals surface area contributed by atoms with Crippen LogP contribution in [0.25, 0.3) is 0 Å². The molecule has 35 nitrogen and oxygen atoms in total. The fraction of sp³-hybridized carbons (Fsp3) is 0.769. The van der Waals surface area contributed by atoms with Crippen LogP contribution in [0.2, 0.25) is 0 Å². The van der Waals surface area contributed by atoms with E-state index in [9.17, 15) is 0 Å².